The molecule has 1 unspecified atom stereocenters. The smallest absolute Gasteiger partial charge is 0.346 e. The summed E-state index contributed by atoms with van der Waals surface area (Å²) >= 11 is 0. The van der Waals surface area contributed by atoms with E-state index in [9.17, 15) is 9.18 Å². The summed E-state index contributed by atoms with van der Waals surface area (Å²) in [5.41, 5.74) is -0.994. The maximum atomic E-state index is 13.8. The summed E-state index contributed by atoms with van der Waals surface area (Å²) in [4.78, 5) is 11.1. The lowest BCUT2D eigenvalue weighted by Gasteiger charge is -2.14. The summed E-state index contributed by atoms with van der Waals surface area (Å²) in [6.45, 7) is 0.213. The molecule has 1 aromatic carbocycles. The number of carbonyl (C=O) groups excluding carboxylic acids is 1. The fraction of sp³-hybridized carbons (Fsp3) is 0.417. The van der Waals surface area contributed by atoms with Crippen molar-refractivity contribution in [1.82, 2.24) is 0 Å². The van der Waals surface area contributed by atoms with Crippen LogP contribution in [-0.4, -0.2) is 24.9 Å². The highest BCUT2D eigenvalue weighted by Crippen LogP contribution is 2.25. The molecule has 0 bridgehead atoms. The van der Waals surface area contributed by atoms with Gasteiger partial charge in [0, 0.05) is 6.42 Å². The Bertz CT molecular complexity index is 366. The van der Waals surface area contributed by atoms with Crippen molar-refractivity contribution in [3.05, 3.63) is 35.9 Å². The number of esters is 1. The monoisotopic (exact) mass is 224 g/mol. The van der Waals surface area contributed by atoms with E-state index in [0.29, 0.717) is 6.61 Å². The first-order valence-electron chi connectivity index (χ1n) is 5.18. The Kier molecular flexibility index (Phi) is 3.19. The second-order valence-electron chi connectivity index (χ2n) is 3.83. The third kappa shape index (κ3) is 2.39. The summed E-state index contributed by atoms with van der Waals surface area (Å²) in [5, 5.41) is 0. The summed E-state index contributed by atoms with van der Waals surface area (Å²) in [5.74, 6) is -0.805. The fourth-order valence-corrected chi connectivity index (χ4v) is 1.57. The van der Waals surface area contributed by atoms with Crippen LogP contribution in [0.1, 0.15) is 12.0 Å². The Hall–Kier alpha value is -1.42. The number of ether oxygens (including phenoxy) is 2. The van der Waals surface area contributed by atoms with Gasteiger partial charge in [-0.2, -0.15) is 0 Å². The van der Waals surface area contributed by atoms with Gasteiger partial charge in [-0.15, -0.1) is 0 Å². The zero-order chi connectivity index (χ0) is 11.4. The molecule has 1 aliphatic heterocycles. The van der Waals surface area contributed by atoms with Crippen molar-refractivity contribution in [2.45, 2.75) is 18.7 Å². The van der Waals surface area contributed by atoms with Crippen LogP contribution < -0.4 is 0 Å². The molecule has 16 heavy (non-hydrogen) atoms. The van der Waals surface area contributed by atoms with Gasteiger partial charge in [-0.25, -0.2) is 9.18 Å². The number of alkyl halides is 1. The number of benzene rings is 1. The van der Waals surface area contributed by atoms with E-state index in [1.165, 1.54) is 0 Å². The van der Waals surface area contributed by atoms with E-state index in [0.717, 1.165) is 5.56 Å². The van der Waals surface area contributed by atoms with Crippen molar-refractivity contribution >= 4 is 5.97 Å². The Morgan fingerprint density at radius 1 is 1.38 bits per heavy atom. The van der Waals surface area contributed by atoms with Crippen molar-refractivity contribution in [3.63, 3.8) is 0 Å². The third-order valence-electron chi connectivity index (χ3n) is 2.54. The molecule has 0 radical (unpaired) electrons. The standard InChI is InChI=1S/C12H13FO3/c13-12(6-7-16-11(12)14)9-15-8-10-4-2-1-3-5-10/h1-5H,6-9H2. The van der Waals surface area contributed by atoms with E-state index < -0.39 is 11.6 Å². The summed E-state index contributed by atoms with van der Waals surface area (Å²) in [6, 6.07) is 9.44. The highest BCUT2D eigenvalue weighted by atomic mass is 19.1. The predicted octanol–water partition coefficient (Wildman–Crippen LogP) is 1.86. The average Bonchev–Trinajstić information content (AvgIpc) is 2.61. The molecule has 4 heteroatoms. The Labute approximate surface area is 93.2 Å². The molecular weight excluding hydrogens is 211 g/mol. The van der Waals surface area contributed by atoms with Crippen LogP contribution in [0.25, 0.3) is 0 Å². The van der Waals surface area contributed by atoms with Crippen LogP contribution in [0.15, 0.2) is 30.3 Å². The lowest BCUT2D eigenvalue weighted by atomic mass is 10.1. The topological polar surface area (TPSA) is 35.5 Å². The molecule has 0 amide bonds. The summed E-state index contributed by atoms with van der Waals surface area (Å²) in [7, 11) is 0. The largest absolute Gasteiger partial charge is 0.463 e. The average molecular weight is 224 g/mol. The van der Waals surface area contributed by atoms with Crippen LogP contribution >= 0.6 is 0 Å². The normalized spacial score (nSPS) is 24.4. The number of halogens is 1. The van der Waals surface area contributed by atoms with Gasteiger partial charge < -0.3 is 9.47 Å². The van der Waals surface area contributed by atoms with Gasteiger partial charge in [0.1, 0.15) is 0 Å². The highest BCUT2D eigenvalue weighted by molar-refractivity contribution is 5.81. The van der Waals surface area contributed by atoms with Gasteiger partial charge in [-0.3, -0.25) is 0 Å². The molecule has 2 rings (SSSR count). The minimum Gasteiger partial charge on any atom is -0.463 e. The fourth-order valence-electron chi connectivity index (χ4n) is 1.57. The van der Waals surface area contributed by atoms with Crippen LogP contribution in [0.2, 0.25) is 0 Å². The molecule has 1 fully saturated rings. The molecule has 1 saturated heterocycles. The first-order chi connectivity index (χ1) is 7.71. The zero-order valence-corrected chi connectivity index (χ0v) is 8.82. The van der Waals surface area contributed by atoms with Crippen molar-refractivity contribution < 1.29 is 18.7 Å². The van der Waals surface area contributed by atoms with Crippen molar-refractivity contribution in [1.29, 1.82) is 0 Å². The van der Waals surface area contributed by atoms with E-state index in [1.807, 2.05) is 30.3 Å². The molecule has 1 aromatic rings. The number of hydrogen-bond acceptors (Lipinski definition) is 3. The maximum Gasteiger partial charge on any atom is 0.346 e. The molecule has 1 atom stereocenters. The quantitative estimate of drug-likeness (QED) is 0.732. The third-order valence-corrected chi connectivity index (χ3v) is 2.54. The summed E-state index contributed by atoms with van der Waals surface area (Å²) in [6.07, 6.45) is 0.0840. The van der Waals surface area contributed by atoms with Crippen LogP contribution in [0, 0.1) is 0 Å². The second-order valence-corrected chi connectivity index (χ2v) is 3.83. The van der Waals surface area contributed by atoms with Gasteiger partial charge in [-0.1, -0.05) is 30.3 Å². The SMILES string of the molecule is O=C1OCCC1(F)COCc1ccccc1. The van der Waals surface area contributed by atoms with Gasteiger partial charge in [0.15, 0.2) is 0 Å². The molecule has 1 aliphatic rings. The highest BCUT2D eigenvalue weighted by Gasteiger charge is 2.45. The second kappa shape index (κ2) is 4.61. The van der Waals surface area contributed by atoms with Crippen LogP contribution in [0.4, 0.5) is 4.39 Å². The lowest BCUT2D eigenvalue weighted by molar-refractivity contribution is -0.151. The number of cyclic esters (lactones) is 1. The maximum absolute atomic E-state index is 13.8. The van der Waals surface area contributed by atoms with E-state index in [-0.39, 0.29) is 19.6 Å². The molecule has 0 aliphatic carbocycles. The molecule has 0 spiro atoms. The van der Waals surface area contributed by atoms with Crippen molar-refractivity contribution in [2.75, 3.05) is 13.2 Å². The lowest BCUT2D eigenvalue weighted by Crippen LogP contribution is -2.34. The van der Waals surface area contributed by atoms with E-state index in [2.05, 4.69) is 4.74 Å². The minimum absolute atomic E-state index is 0.0840. The Morgan fingerprint density at radius 3 is 2.75 bits per heavy atom. The van der Waals surface area contributed by atoms with Gasteiger partial charge in [-0.05, 0) is 5.56 Å². The predicted molar refractivity (Wildman–Crippen MR) is 55.5 cm³/mol. The molecule has 0 N–H and O–H groups in total. The first-order valence-corrected chi connectivity index (χ1v) is 5.18. The minimum atomic E-state index is -1.95. The van der Waals surface area contributed by atoms with Gasteiger partial charge >= 0.3 is 5.97 Å². The van der Waals surface area contributed by atoms with Gasteiger partial charge in [0.2, 0.25) is 5.67 Å². The number of hydrogen-bond donors (Lipinski definition) is 0. The van der Waals surface area contributed by atoms with E-state index >= 15 is 0 Å². The van der Waals surface area contributed by atoms with Crippen LogP contribution in [0.3, 0.4) is 0 Å². The van der Waals surface area contributed by atoms with Crippen molar-refractivity contribution in [3.8, 4) is 0 Å². The van der Waals surface area contributed by atoms with Crippen LogP contribution in [0.5, 0.6) is 0 Å². The van der Waals surface area contributed by atoms with E-state index in [4.69, 9.17) is 4.74 Å². The molecule has 1 heterocycles. The van der Waals surface area contributed by atoms with Gasteiger partial charge in [0.05, 0.1) is 19.8 Å². The molecule has 86 valence electrons. The van der Waals surface area contributed by atoms with Gasteiger partial charge in [0.25, 0.3) is 0 Å². The first kappa shape index (κ1) is 11.1. The summed E-state index contributed by atoms with van der Waals surface area (Å²) < 4.78 is 23.6. The molecular formula is C12H13FO3. The number of rotatable bonds is 4. The Morgan fingerprint density at radius 2 is 2.12 bits per heavy atom. The Balaban J connectivity index is 1.82. The molecule has 3 nitrogen and oxygen atoms in total. The van der Waals surface area contributed by atoms with Crippen LogP contribution in [-0.2, 0) is 20.9 Å². The number of carbonyl (C=O) groups is 1. The van der Waals surface area contributed by atoms with E-state index in [1.54, 1.807) is 0 Å². The van der Waals surface area contributed by atoms with Crippen molar-refractivity contribution in [2.24, 2.45) is 0 Å². The molecule has 0 aromatic heterocycles. The zero-order valence-electron chi connectivity index (χ0n) is 8.82. The molecule has 0 saturated carbocycles.